The van der Waals surface area contributed by atoms with Crippen molar-refractivity contribution in [2.24, 2.45) is 0 Å². The lowest BCUT2D eigenvalue weighted by atomic mass is 10.2. The number of fused-ring (bicyclic) bond motifs is 1. The van der Waals surface area contributed by atoms with Crippen LogP contribution in [0.15, 0.2) is 12.7 Å². The molecule has 0 unspecified atom stereocenters. The van der Waals surface area contributed by atoms with E-state index < -0.39 is 0 Å². The quantitative estimate of drug-likeness (QED) is 0.741. The summed E-state index contributed by atoms with van der Waals surface area (Å²) in [5, 5.41) is 0. The average molecular weight is 234 g/mol. The molecule has 0 atom stereocenters. The van der Waals surface area contributed by atoms with Crippen LogP contribution in [-0.4, -0.2) is 26.2 Å². The summed E-state index contributed by atoms with van der Waals surface area (Å²) in [5.74, 6) is 0.418. The van der Waals surface area contributed by atoms with E-state index in [2.05, 4.69) is 27.3 Å². The maximum Gasteiger partial charge on any atom is 0.184 e. The molecule has 2 aromatic heterocycles. The zero-order valence-corrected chi connectivity index (χ0v) is 10.1. The van der Waals surface area contributed by atoms with Crippen LogP contribution in [0.2, 0.25) is 0 Å². The Hall–Kier alpha value is -1.85. The summed E-state index contributed by atoms with van der Waals surface area (Å²) in [4.78, 5) is 12.3. The van der Waals surface area contributed by atoms with Crippen molar-refractivity contribution in [3.63, 3.8) is 0 Å². The summed E-state index contributed by atoms with van der Waals surface area (Å²) in [7, 11) is 0. The van der Waals surface area contributed by atoms with Crippen LogP contribution in [0.5, 0.6) is 0 Å². The number of hydrogen-bond donors (Lipinski definition) is 2. The Kier molecular flexibility index (Phi) is 3.74. The number of nitrogens with one attached hydrogen (secondary N) is 1. The normalized spacial score (nSPS) is 10.9. The molecule has 0 aliphatic carbocycles. The molecule has 2 rings (SSSR count). The molecule has 0 saturated carbocycles. The first-order chi connectivity index (χ1) is 8.33. The molecule has 2 heterocycles. The molecule has 92 valence electrons. The van der Waals surface area contributed by atoms with Crippen molar-refractivity contribution < 1.29 is 0 Å². The van der Waals surface area contributed by atoms with E-state index in [0.29, 0.717) is 11.3 Å². The first-order valence-electron chi connectivity index (χ1n) is 6.00. The third kappa shape index (κ3) is 2.64. The third-order valence-corrected chi connectivity index (χ3v) is 2.67. The summed E-state index contributed by atoms with van der Waals surface area (Å²) < 4.78 is 1.80. The van der Waals surface area contributed by atoms with Crippen LogP contribution >= 0.6 is 0 Å². The van der Waals surface area contributed by atoms with E-state index in [0.717, 1.165) is 18.6 Å². The zero-order chi connectivity index (χ0) is 12.1. The van der Waals surface area contributed by atoms with Gasteiger partial charge in [0.25, 0.3) is 0 Å². The van der Waals surface area contributed by atoms with Crippen molar-refractivity contribution in [3.8, 4) is 0 Å². The number of rotatable bonds is 6. The van der Waals surface area contributed by atoms with E-state index >= 15 is 0 Å². The lowest BCUT2D eigenvalue weighted by molar-refractivity contribution is 0.663. The molecule has 6 nitrogen and oxygen atoms in total. The van der Waals surface area contributed by atoms with Crippen molar-refractivity contribution >= 4 is 17.0 Å². The van der Waals surface area contributed by atoms with Gasteiger partial charge in [0.05, 0.1) is 0 Å². The fourth-order valence-electron chi connectivity index (χ4n) is 1.72. The van der Waals surface area contributed by atoms with Gasteiger partial charge in [0.1, 0.15) is 12.7 Å². The molecule has 0 fully saturated rings. The highest BCUT2D eigenvalue weighted by Crippen LogP contribution is 2.12. The largest absolute Gasteiger partial charge is 0.382 e. The molecule has 0 aliphatic rings. The first kappa shape index (κ1) is 11.6. The van der Waals surface area contributed by atoms with Gasteiger partial charge in [-0.3, -0.25) is 0 Å². The van der Waals surface area contributed by atoms with Crippen molar-refractivity contribution in [3.05, 3.63) is 12.7 Å². The van der Waals surface area contributed by atoms with E-state index in [4.69, 9.17) is 5.73 Å². The maximum atomic E-state index is 5.71. The number of hydrogen-bond acceptors (Lipinski definition) is 5. The predicted molar refractivity (Wildman–Crippen MR) is 68.1 cm³/mol. The first-order valence-corrected chi connectivity index (χ1v) is 6.00. The third-order valence-electron chi connectivity index (χ3n) is 2.67. The molecule has 2 aromatic rings. The Balaban J connectivity index is 1.97. The van der Waals surface area contributed by atoms with Crippen LogP contribution in [-0.2, 0) is 0 Å². The van der Waals surface area contributed by atoms with Gasteiger partial charge < -0.3 is 11.2 Å². The molecule has 0 bridgehead atoms. The van der Waals surface area contributed by atoms with Gasteiger partial charge >= 0.3 is 0 Å². The minimum absolute atomic E-state index is 0.418. The minimum Gasteiger partial charge on any atom is -0.382 e. The van der Waals surface area contributed by atoms with Gasteiger partial charge in [-0.2, -0.15) is 0 Å². The number of anilines is 1. The number of nitrogen functional groups attached to an aromatic ring is 1. The smallest absolute Gasteiger partial charge is 0.184 e. The molecule has 0 aliphatic heterocycles. The van der Waals surface area contributed by atoms with Gasteiger partial charge in [-0.1, -0.05) is 26.2 Å². The van der Waals surface area contributed by atoms with Crippen molar-refractivity contribution in [1.29, 1.82) is 0 Å². The lowest BCUT2D eigenvalue weighted by Crippen LogP contribution is -2.15. The predicted octanol–water partition coefficient (Wildman–Crippen LogP) is 1.53. The standard InChI is InChI=1S/C11H18N6/c1-2-3-4-5-6-16-17-8-15-9-10(12)13-7-14-11(9)17/h7-8,16H,2-6H2,1H3,(H2,12,13,14). The van der Waals surface area contributed by atoms with Crippen LogP contribution in [0.1, 0.15) is 32.6 Å². The fourth-order valence-corrected chi connectivity index (χ4v) is 1.72. The molecule has 6 heteroatoms. The fraction of sp³-hybridized carbons (Fsp3) is 0.545. The number of nitrogens with two attached hydrogens (primary N) is 1. The van der Waals surface area contributed by atoms with Crippen LogP contribution < -0.4 is 11.2 Å². The summed E-state index contributed by atoms with van der Waals surface area (Å²) >= 11 is 0. The van der Waals surface area contributed by atoms with Crippen molar-refractivity contribution in [1.82, 2.24) is 19.6 Å². The second-order valence-electron chi connectivity index (χ2n) is 4.01. The molecule has 0 aromatic carbocycles. The van der Waals surface area contributed by atoms with Gasteiger partial charge in [0.2, 0.25) is 0 Å². The van der Waals surface area contributed by atoms with Crippen LogP contribution in [0.4, 0.5) is 5.82 Å². The van der Waals surface area contributed by atoms with Crippen LogP contribution in [0.25, 0.3) is 11.2 Å². The Morgan fingerprint density at radius 3 is 2.94 bits per heavy atom. The van der Waals surface area contributed by atoms with E-state index in [1.807, 2.05) is 0 Å². The van der Waals surface area contributed by atoms with Crippen LogP contribution in [0.3, 0.4) is 0 Å². The number of aromatic nitrogens is 4. The highest BCUT2D eigenvalue weighted by molar-refractivity contribution is 5.81. The van der Waals surface area contributed by atoms with Gasteiger partial charge in [-0.25, -0.2) is 19.6 Å². The highest BCUT2D eigenvalue weighted by Gasteiger charge is 2.06. The Morgan fingerprint density at radius 2 is 2.12 bits per heavy atom. The lowest BCUT2D eigenvalue weighted by Gasteiger charge is -2.07. The van der Waals surface area contributed by atoms with E-state index in [9.17, 15) is 0 Å². The molecule has 0 radical (unpaired) electrons. The SMILES string of the molecule is CCCCCCNn1cnc2c(N)ncnc21. The van der Waals surface area contributed by atoms with Crippen molar-refractivity contribution in [2.75, 3.05) is 17.7 Å². The Morgan fingerprint density at radius 1 is 1.24 bits per heavy atom. The van der Waals surface area contributed by atoms with Gasteiger partial charge in [0, 0.05) is 6.54 Å². The minimum atomic E-state index is 0.418. The van der Waals surface area contributed by atoms with Crippen molar-refractivity contribution in [2.45, 2.75) is 32.6 Å². The molecular weight excluding hydrogens is 216 g/mol. The summed E-state index contributed by atoms with van der Waals surface area (Å²) in [5.41, 5.74) is 10.3. The number of imidazole rings is 1. The van der Waals surface area contributed by atoms with E-state index in [1.54, 1.807) is 11.0 Å². The van der Waals surface area contributed by atoms with E-state index in [1.165, 1.54) is 25.6 Å². The molecule has 0 saturated heterocycles. The molecule has 0 amide bonds. The molecule has 0 spiro atoms. The van der Waals surface area contributed by atoms with Gasteiger partial charge in [-0.05, 0) is 6.42 Å². The summed E-state index contributed by atoms with van der Waals surface area (Å²) in [6, 6.07) is 0. The molecule has 17 heavy (non-hydrogen) atoms. The Bertz CT molecular complexity index is 478. The maximum absolute atomic E-state index is 5.71. The van der Waals surface area contributed by atoms with E-state index in [-0.39, 0.29) is 0 Å². The topological polar surface area (TPSA) is 81.7 Å². The zero-order valence-electron chi connectivity index (χ0n) is 10.1. The summed E-state index contributed by atoms with van der Waals surface area (Å²) in [6.07, 6.45) is 8.06. The van der Waals surface area contributed by atoms with Gasteiger partial charge in [-0.15, -0.1) is 0 Å². The second-order valence-corrected chi connectivity index (χ2v) is 4.01. The summed E-state index contributed by atoms with van der Waals surface area (Å²) in [6.45, 7) is 3.12. The van der Waals surface area contributed by atoms with Gasteiger partial charge in [0.15, 0.2) is 17.0 Å². The monoisotopic (exact) mass is 234 g/mol. The van der Waals surface area contributed by atoms with Crippen LogP contribution in [0, 0.1) is 0 Å². The number of nitrogens with zero attached hydrogens (tertiary/aromatic N) is 4. The number of unbranched alkanes of at least 4 members (excludes halogenated alkanes) is 3. The Labute approximate surface area is 100 Å². The molecular formula is C11H18N6. The molecule has 3 N–H and O–H groups in total. The average Bonchev–Trinajstić information content (AvgIpc) is 2.74. The second kappa shape index (κ2) is 5.47. The highest BCUT2D eigenvalue weighted by atomic mass is 15.4.